The van der Waals surface area contributed by atoms with Gasteiger partial charge in [0.1, 0.15) is 0 Å². The Balaban J connectivity index is 1.85. The van der Waals surface area contributed by atoms with Crippen LogP contribution < -0.4 is 0 Å². The molecular formula is C20H22O2. The van der Waals surface area contributed by atoms with Gasteiger partial charge in [0.05, 0.1) is 12.0 Å². The van der Waals surface area contributed by atoms with E-state index in [1.807, 2.05) is 19.1 Å². The molecule has 22 heavy (non-hydrogen) atoms. The maximum absolute atomic E-state index is 12.2. The lowest BCUT2D eigenvalue weighted by Crippen LogP contribution is -2.30. The predicted octanol–water partition coefficient (Wildman–Crippen LogP) is 4.55. The first kappa shape index (κ1) is 14.8. The van der Waals surface area contributed by atoms with E-state index in [-0.39, 0.29) is 23.9 Å². The maximum atomic E-state index is 12.2. The Morgan fingerprint density at radius 3 is 2.00 bits per heavy atom. The lowest BCUT2D eigenvalue weighted by Gasteiger charge is -2.29. The van der Waals surface area contributed by atoms with Crippen LogP contribution in [0.2, 0.25) is 0 Å². The van der Waals surface area contributed by atoms with Gasteiger partial charge in [0.25, 0.3) is 0 Å². The Labute approximate surface area is 132 Å². The van der Waals surface area contributed by atoms with Crippen molar-refractivity contribution in [2.24, 2.45) is 5.92 Å². The highest BCUT2D eigenvalue weighted by atomic mass is 16.5. The van der Waals surface area contributed by atoms with Crippen molar-refractivity contribution in [1.29, 1.82) is 0 Å². The van der Waals surface area contributed by atoms with Gasteiger partial charge in [-0.1, -0.05) is 60.7 Å². The van der Waals surface area contributed by atoms with Gasteiger partial charge < -0.3 is 4.74 Å². The highest BCUT2D eigenvalue weighted by molar-refractivity contribution is 5.73. The van der Waals surface area contributed by atoms with Gasteiger partial charge in [-0.2, -0.15) is 0 Å². The molecule has 1 saturated heterocycles. The lowest BCUT2D eigenvalue weighted by molar-refractivity contribution is -0.159. The molecule has 1 aliphatic rings. The Bertz CT molecular complexity index is 567. The molecule has 2 nitrogen and oxygen atoms in total. The van der Waals surface area contributed by atoms with Crippen LogP contribution in [0.3, 0.4) is 0 Å². The first-order valence-electron chi connectivity index (χ1n) is 8.04. The monoisotopic (exact) mass is 294 g/mol. The SMILES string of the molecule is CC1CCC(CC(c2ccccc2)c2ccccc2)C(=O)O1. The Kier molecular flexibility index (Phi) is 4.57. The summed E-state index contributed by atoms with van der Waals surface area (Å²) in [5, 5.41) is 0. The van der Waals surface area contributed by atoms with Crippen molar-refractivity contribution in [3.63, 3.8) is 0 Å². The van der Waals surface area contributed by atoms with Crippen molar-refractivity contribution in [3.8, 4) is 0 Å². The van der Waals surface area contributed by atoms with E-state index in [4.69, 9.17) is 4.74 Å². The first-order valence-corrected chi connectivity index (χ1v) is 8.04. The normalized spacial score (nSPS) is 21.6. The zero-order valence-electron chi connectivity index (χ0n) is 12.9. The third-order valence-electron chi connectivity index (χ3n) is 4.50. The van der Waals surface area contributed by atoms with Crippen molar-refractivity contribution in [2.75, 3.05) is 0 Å². The van der Waals surface area contributed by atoms with E-state index in [2.05, 4.69) is 48.5 Å². The molecule has 1 heterocycles. The molecule has 2 aromatic rings. The number of hydrogen-bond acceptors (Lipinski definition) is 2. The molecule has 114 valence electrons. The van der Waals surface area contributed by atoms with Gasteiger partial charge >= 0.3 is 5.97 Å². The molecule has 2 aromatic carbocycles. The van der Waals surface area contributed by atoms with Crippen LogP contribution in [0.15, 0.2) is 60.7 Å². The zero-order valence-corrected chi connectivity index (χ0v) is 12.9. The fourth-order valence-electron chi connectivity index (χ4n) is 3.24. The molecule has 0 bridgehead atoms. The zero-order chi connectivity index (χ0) is 15.4. The molecule has 1 fully saturated rings. The van der Waals surface area contributed by atoms with Crippen molar-refractivity contribution in [2.45, 2.75) is 38.2 Å². The average Bonchev–Trinajstić information content (AvgIpc) is 2.56. The van der Waals surface area contributed by atoms with E-state index in [0.717, 1.165) is 19.3 Å². The van der Waals surface area contributed by atoms with Gasteiger partial charge in [-0.3, -0.25) is 4.79 Å². The summed E-state index contributed by atoms with van der Waals surface area (Å²) in [5.41, 5.74) is 2.53. The molecule has 0 spiro atoms. The van der Waals surface area contributed by atoms with E-state index in [1.54, 1.807) is 0 Å². The van der Waals surface area contributed by atoms with Crippen LogP contribution in [0.1, 0.15) is 43.2 Å². The molecule has 2 atom stereocenters. The summed E-state index contributed by atoms with van der Waals surface area (Å²) in [4.78, 5) is 12.2. The second-order valence-corrected chi connectivity index (χ2v) is 6.13. The third kappa shape index (κ3) is 3.38. The summed E-state index contributed by atoms with van der Waals surface area (Å²) < 4.78 is 5.43. The van der Waals surface area contributed by atoms with Crippen LogP contribution in [-0.2, 0) is 9.53 Å². The molecule has 0 aliphatic carbocycles. The fourth-order valence-corrected chi connectivity index (χ4v) is 3.24. The number of carbonyl (C=O) groups excluding carboxylic acids is 1. The number of hydrogen-bond donors (Lipinski definition) is 0. The molecule has 0 amide bonds. The molecule has 0 aromatic heterocycles. The Morgan fingerprint density at radius 2 is 1.50 bits per heavy atom. The van der Waals surface area contributed by atoms with Gasteiger partial charge in [-0.15, -0.1) is 0 Å². The summed E-state index contributed by atoms with van der Waals surface area (Å²) in [5.74, 6) is 0.214. The summed E-state index contributed by atoms with van der Waals surface area (Å²) in [7, 11) is 0. The second kappa shape index (κ2) is 6.78. The number of rotatable bonds is 4. The second-order valence-electron chi connectivity index (χ2n) is 6.13. The largest absolute Gasteiger partial charge is 0.462 e. The predicted molar refractivity (Wildman–Crippen MR) is 87.6 cm³/mol. The molecule has 2 heteroatoms. The number of benzene rings is 2. The quantitative estimate of drug-likeness (QED) is 0.773. The van der Waals surface area contributed by atoms with Crippen LogP contribution in [-0.4, -0.2) is 12.1 Å². The Morgan fingerprint density at radius 1 is 0.955 bits per heavy atom. The highest BCUT2D eigenvalue weighted by Gasteiger charge is 2.31. The van der Waals surface area contributed by atoms with Gasteiger partial charge in [0.2, 0.25) is 0 Å². The maximum Gasteiger partial charge on any atom is 0.309 e. The van der Waals surface area contributed by atoms with E-state index in [0.29, 0.717) is 0 Å². The standard InChI is InChI=1S/C20H22O2/c1-15-12-13-18(20(21)22-15)14-19(16-8-4-2-5-9-16)17-10-6-3-7-11-17/h2-11,15,18-19H,12-14H2,1H3. The minimum atomic E-state index is -0.0318. The molecule has 1 aliphatic heterocycles. The van der Waals surface area contributed by atoms with Crippen molar-refractivity contribution >= 4 is 5.97 Å². The topological polar surface area (TPSA) is 26.3 Å². The summed E-state index contributed by atoms with van der Waals surface area (Å²) in [6.45, 7) is 1.97. The summed E-state index contributed by atoms with van der Waals surface area (Å²) >= 11 is 0. The van der Waals surface area contributed by atoms with E-state index in [1.165, 1.54) is 11.1 Å². The van der Waals surface area contributed by atoms with Crippen molar-refractivity contribution < 1.29 is 9.53 Å². The number of ether oxygens (including phenoxy) is 1. The molecular weight excluding hydrogens is 272 g/mol. The smallest absolute Gasteiger partial charge is 0.309 e. The third-order valence-corrected chi connectivity index (χ3v) is 4.50. The molecule has 3 rings (SSSR count). The van der Waals surface area contributed by atoms with E-state index in [9.17, 15) is 4.79 Å². The van der Waals surface area contributed by atoms with Gasteiger partial charge in [-0.25, -0.2) is 0 Å². The lowest BCUT2D eigenvalue weighted by atomic mass is 9.81. The number of carbonyl (C=O) groups is 1. The first-order chi connectivity index (χ1) is 10.7. The Hall–Kier alpha value is -2.09. The van der Waals surface area contributed by atoms with Crippen LogP contribution in [0.4, 0.5) is 0 Å². The van der Waals surface area contributed by atoms with Gasteiger partial charge in [0, 0.05) is 5.92 Å². The minimum absolute atomic E-state index is 0.00149. The molecule has 0 radical (unpaired) electrons. The minimum Gasteiger partial charge on any atom is -0.462 e. The summed E-state index contributed by atoms with van der Waals surface area (Å²) in [6, 6.07) is 20.9. The number of cyclic esters (lactones) is 1. The molecule has 2 unspecified atom stereocenters. The van der Waals surface area contributed by atoms with Crippen LogP contribution in [0, 0.1) is 5.92 Å². The van der Waals surface area contributed by atoms with E-state index >= 15 is 0 Å². The molecule has 0 N–H and O–H groups in total. The van der Waals surface area contributed by atoms with Crippen LogP contribution in [0.25, 0.3) is 0 Å². The molecule has 0 saturated carbocycles. The average molecular weight is 294 g/mol. The van der Waals surface area contributed by atoms with Gasteiger partial charge in [-0.05, 0) is 37.3 Å². The van der Waals surface area contributed by atoms with Crippen molar-refractivity contribution in [3.05, 3.63) is 71.8 Å². The van der Waals surface area contributed by atoms with Gasteiger partial charge in [0.15, 0.2) is 0 Å². The van der Waals surface area contributed by atoms with Crippen LogP contribution in [0.5, 0.6) is 0 Å². The van der Waals surface area contributed by atoms with E-state index < -0.39 is 0 Å². The number of esters is 1. The summed E-state index contributed by atoms with van der Waals surface area (Å²) in [6.07, 6.45) is 2.78. The highest BCUT2D eigenvalue weighted by Crippen LogP contribution is 2.35. The van der Waals surface area contributed by atoms with Crippen LogP contribution >= 0.6 is 0 Å². The van der Waals surface area contributed by atoms with Crippen molar-refractivity contribution in [1.82, 2.24) is 0 Å². The fraction of sp³-hybridized carbons (Fsp3) is 0.350.